The molecule has 0 spiro atoms. The molecule has 0 radical (unpaired) electrons. The van der Waals surface area contributed by atoms with Crippen molar-refractivity contribution in [1.29, 1.82) is 0 Å². The summed E-state index contributed by atoms with van der Waals surface area (Å²) in [6, 6.07) is 3.41. The van der Waals surface area contributed by atoms with Crippen LogP contribution < -0.4 is 24.4 Å². The van der Waals surface area contributed by atoms with Crippen molar-refractivity contribution < 1.29 is 28.5 Å². The summed E-state index contributed by atoms with van der Waals surface area (Å²) in [6.45, 7) is 4.19. The Morgan fingerprint density at radius 1 is 1.18 bits per heavy atom. The largest absolute Gasteiger partial charge is 0.493 e. The van der Waals surface area contributed by atoms with E-state index in [1.54, 1.807) is 17.0 Å². The van der Waals surface area contributed by atoms with Crippen molar-refractivity contribution in [1.82, 2.24) is 9.88 Å². The van der Waals surface area contributed by atoms with Crippen LogP contribution in [0, 0.1) is 5.92 Å². The van der Waals surface area contributed by atoms with Gasteiger partial charge in [-0.25, -0.2) is 4.98 Å². The molecule has 2 saturated heterocycles. The Morgan fingerprint density at radius 2 is 1.88 bits per heavy atom. The number of carbonyl (C=O) groups excluding carboxylic acids is 2. The second-order valence-corrected chi connectivity index (χ2v) is 8.67. The number of rotatable bonds is 8. The fraction of sp³-hybridized carbons (Fsp3) is 0.500. The third-order valence-corrected chi connectivity index (χ3v) is 6.53. The molecule has 10 nitrogen and oxygen atoms in total. The lowest BCUT2D eigenvalue weighted by Crippen LogP contribution is -2.35. The molecule has 3 heterocycles. The number of anilines is 2. The average molecular weight is 477 g/mol. The Kier molecular flexibility index (Phi) is 7.31. The van der Waals surface area contributed by atoms with E-state index in [1.807, 2.05) is 5.38 Å². The van der Waals surface area contributed by atoms with Crippen LogP contribution in [0.5, 0.6) is 17.2 Å². The summed E-state index contributed by atoms with van der Waals surface area (Å²) in [4.78, 5) is 34.0. The minimum absolute atomic E-state index is 0.120. The topological polar surface area (TPSA) is 102 Å². The van der Waals surface area contributed by atoms with Crippen LogP contribution in [-0.4, -0.2) is 75.9 Å². The standard InChI is InChI=1S/C22H28N4O6S/c1-29-17-9-16(10-18(30-2)20(17)31-3)26-11-14(8-19(26)27)21(28)24-22-23-15(13-33-22)12-25-4-6-32-7-5-25/h9-10,13-14H,4-8,11-12H2,1-3H3,(H,23,24,28)/t14-/m1/s1. The van der Waals surface area contributed by atoms with Crippen LogP contribution in [0.4, 0.5) is 10.8 Å². The summed E-state index contributed by atoms with van der Waals surface area (Å²) in [5, 5.41) is 5.37. The Labute approximate surface area is 196 Å². The minimum Gasteiger partial charge on any atom is -0.493 e. The molecule has 2 aliphatic heterocycles. The van der Waals surface area contributed by atoms with Crippen LogP contribution in [0.25, 0.3) is 0 Å². The van der Waals surface area contributed by atoms with E-state index in [0.717, 1.165) is 38.5 Å². The quantitative estimate of drug-likeness (QED) is 0.617. The summed E-state index contributed by atoms with van der Waals surface area (Å²) >= 11 is 1.39. The lowest BCUT2D eigenvalue weighted by Gasteiger charge is -2.25. The number of aromatic nitrogens is 1. The normalized spacial score (nSPS) is 18.9. The molecule has 1 aromatic carbocycles. The van der Waals surface area contributed by atoms with E-state index >= 15 is 0 Å². The van der Waals surface area contributed by atoms with Gasteiger partial charge in [0.05, 0.1) is 51.8 Å². The van der Waals surface area contributed by atoms with Crippen LogP contribution >= 0.6 is 11.3 Å². The van der Waals surface area contributed by atoms with Crippen LogP contribution in [0.3, 0.4) is 0 Å². The molecule has 178 valence electrons. The van der Waals surface area contributed by atoms with E-state index < -0.39 is 5.92 Å². The number of thiazole rings is 1. The molecule has 2 fully saturated rings. The number of carbonyl (C=O) groups is 2. The number of morpholine rings is 1. The van der Waals surface area contributed by atoms with Gasteiger partial charge in [-0.15, -0.1) is 11.3 Å². The zero-order valence-corrected chi connectivity index (χ0v) is 19.8. The van der Waals surface area contributed by atoms with Gasteiger partial charge in [0.2, 0.25) is 17.6 Å². The lowest BCUT2D eigenvalue weighted by molar-refractivity contribution is -0.122. The van der Waals surface area contributed by atoms with Crippen molar-refractivity contribution >= 4 is 34.0 Å². The Morgan fingerprint density at radius 3 is 2.52 bits per heavy atom. The molecule has 2 amide bonds. The van der Waals surface area contributed by atoms with Gasteiger partial charge in [-0.2, -0.15) is 0 Å². The van der Waals surface area contributed by atoms with Gasteiger partial charge in [0.25, 0.3) is 0 Å². The molecule has 0 saturated carbocycles. The van der Waals surface area contributed by atoms with E-state index in [-0.39, 0.29) is 24.8 Å². The summed E-state index contributed by atoms with van der Waals surface area (Å²) in [5.41, 5.74) is 1.51. The molecule has 1 N–H and O–H groups in total. The molecular formula is C22H28N4O6S. The van der Waals surface area contributed by atoms with Gasteiger partial charge in [-0.1, -0.05) is 0 Å². The highest BCUT2D eigenvalue weighted by Crippen LogP contribution is 2.42. The molecule has 2 aliphatic rings. The summed E-state index contributed by atoms with van der Waals surface area (Å²) in [5.74, 6) is 0.498. The van der Waals surface area contributed by atoms with Crippen LogP contribution in [0.15, 0.2) is 17.5 Å². The highest BCUT2D eigenvalue weighted by molar-refractivity contribution is 7.13. The predicted molar refractivity (Wildman–Crippen MR) is 123 cm³/mol. The van der Waals surface area contributed by atoms with E-state index in [4.69, 9.17) is 18.9 Å². The number of benzene rings is 1. The van der Waals surface area contributed by atoms with Gasteiger partial charge in [-0.05, 0) is 0 Å². The number of hydrogen-bond donors (Lipinski definition) is 1. The summed E-state index contributed by atoms with van der Waals surface area (Å²) in [7, 11) is 4.56. The molecule has 11 heteroatoms. The second kappa shape index (κ2) is 10.4. The number of methoxy groups -OCH3 is 3. The van der Waals surface area contributed by atoms with Crippen LogP contribution in [0.2, 0.25) is 0 Å². The van der Waals surface area contributed by atoms with Gasteiger partial charge in [0.1, 0.15) is 0 Å². The molecular weight excluding hydrogens is 448 g/mol. The fourth-order valence-electron chi connectivity index (χ4n) is 3.99. The summed E-state index contributed by atoms with van der Waals surface area (Å²) < 4.78 is 21.5. The van der Waals surface area contributed by atoms with E-state index in [9.17, 15) is 9.59 Å². The summed E-state index contributed by atoms with van der Waals surface area (Å²) in [6.07, 6.45) is 0.120. The van der Waals surface area contributed by atoms with E-state index in [0.29, 0.717) is 28.1 Å². The molecule has 33 heavy (non-hydrogen) atoms. The Balaban J connectivity index is 1.40. The highest BCUT2D eigenvalue weighted by atomic mass is 32.1. The molecule has 2 aromatic rings. The van der Waals surface area contributed by atoms with Gasteiger partial charge in [-0.3, -0.25) is 14.5 Å². The van der Waals surface area contributed by atoms with E-state index in [2.05, 4.69) is 15.2 Å². The SMILES string of the molecule is COc1cc(N2C[C@H](C(=O)Nc3nc(CN4CCOCC4)cs3)CC2=O)cc(OC)c1OC. The minimum atomic E-state index is -0.483. The average Bonchev–Trinajstić information content (AvgIpc) is 3.44. The monoisotopic (exact) mass is 476 g/mol. The van der Waals surface area contributed by atoms with Gasteiger partial charge in [0, 0.05) is 50.1 Å². The first kappa shape index (κ1) is 23.3. The first-order valence-electron chi connectivity index (χ1n) is 10.7. The number of nitrogens with one attached hydrogen (secondary N) is 1. The maximum absolute atomic E-state index is 12.9. The Hall–Kier alpha value is -2.89. The van der Waals surface area contributed by atoms with Crippen molar-refractivity contribution in [2.75, 3.05) is 64.4 Å². The molecule has 0 unspecified atom stereocenters. The Bertz CT molecular complexity index is 982. The van der Waals surface area contributed by atoms with Crippen molar-refractivity contribution in [3.63, 3.8) is 0 Å². The van der Waals surface area contributed by atoms with E-state index in [1.165, 1.54) is 32.7 Å². The first-order chi connectivity index (χ1) is 16.0. The highest BCUT2D eigenvalue weighted by Gasteiger charge is 2.36. The molecule has 1 atom stereocenters. The number of amides is 2. The molecule has 1 aromatic heterocycles. The van der Waals surface area contributed by atoms with Gasteiger partial charge < -0.3 is 29.2 Å². The zero-order chi connectivity index (χ0) is 23.4. The number of ether oxygens (including phenoxy) is 4. The van der Waals surface area contributed by atoms with Crippen LogP contribution in [-0.2, 0) is 20.9 Å². The third-order valence-electron chi connectivity index (χ3n) is 5.73. The molecule has 0 bridgehead atoms. The lowest BCUT2D eigenvalue weighted by atomic mass is 10.1. The van der Waals surface area contributed by atoms with Gasteiger partial charge >= 0.3 is 0 Å². The van der Waals surface area contributed by atoms with Crippen molar-refractivity contribution in [3.8, 4) is 17.2 Å². The first-order valence-corrected chi connectivity index (χ1v) is 11.6. The maximum atomic E-state index is 12.9. The molecule has 0 aliphatic carbocycles. The second-order valence-electron chi connectivity index (χ2n) is 7.81. The van der Waals surface area contributed by atoms with Crippen LogP contribution in [0.1, 0.15) is 12.1 Å². The maximum Gasteiger partial charge on any atom is 0.231 e. The van der Waals surface area contributed by atoms with Crippen molar-refractivity contribution in [2.24, 2.45) is 5.92 Å². The van der Waals surface area contributed by atoms with Crippen molar-refractivity contribution in [3.05, 3.63) is 23.2 Å². The number of nitrogens with zero attached hydrogens (tertiary/aromatic N) is 3. The smallest absolute Gasteiger partial charge is 0.231 e. The van der Waals surface area contributed by atoms with Crippen molar-refractivity contribution in [2.45, 2.75) is 13.0 Å². The fourth-order valence-corrected chi connectivity index (χ4v) is 4.69. The number of hydrogen-bond acceptors (Lipinski definition) is 9. The zero-order valence-electron chi connectivity index (χ0n) is 19.0. The molecule has 4 rings (SSSR count). The predicted octanol–water partition coefficient (Wildman–Crippen LogP) is 1.99. The van der Waals surface area contributed by atoms with Gasteiger partial charge in [0.15, 0.2) is 16.6 Å². The third kappa shape index (κ3) is 5.21.